The number of nitrogen functional groups attached to an aromatic ring is 1. The van der Waals surface area contributed by atoms with Gasteiger partial charge in [0.05, 0.1) is 35.3 Å². The SMILES string of the molecule is Cc1csc2c(-n3nc(Nc4cnc5c(c4)CCC4(CCC5)OCC(C)(C)CO4)nc3N)nc(Cl)nc12. The van der Waals surface area contributed by atoms with E-state index in [2.05, 4.69) is 45.3 Å². The Hall–Kier alpha value is -2.86. The molecule has 0 radical (unpaired) electrons. The summed E-state index contributed by atoms with van der Waals surface area (Å²) in [7, 11) is 0. The van der Waals surface area contributed by atoms with Gasteiger partial charge >= 0.3 is 0 Å². The molecule has 5 heterocycles. The van der Waals surface area contributed by atoms with Crippen LogP contribution >= 0.6 is 22.9 Å². The number of hydrogen-bond acceptors (Lipinski definition) is 10. The highest BCUT2D eigenvalue weighted by atomic mass is 35.5. The standard InChI is InChI=1S/C25H29ClN8O2S/c1-14-11-37-19-18(14)30-21(26)31-20(19)34-22(27)32-23(33-34)29-16-9-15-6-8-25(7-4-5-17(15)28-10-16)35-12-24(2,3)13-36-25/h9-11H,4-8,12-13H2,1-3H3,(H3,27,29,32,33). The number of anilines is 3. The van der Waals surface area contributed by atoms with Crippen molar-refractivity contribution in [3.8, 4) is 5.82 Å². The molecule has 1 aliphatic heterocycles. The molecule has 10 nitrogen and oxygen atoms in total. The lowest BCUT2D eigenvalue weighted by molar-refractivity contribution is -0.304. The number of aromatic nitrogens is 6. The van der Waals surface area contributed by atoms with Crippen LogP contribution in [0.25, 0.3) is 16.0 Å². The summed E-state index contributed by atoms with van der Waals surface area (Å²) in [6.45, 7) is 7.75. The zero-order valence-electron chi connectivity index (χ0n) is 21.0. The van der Waals surface area contributed by atoms with E-state index >= 15 is 0 Å². The topological polar surface area (TPSA) is 126 Å². The van der Waals surface area contributed by atoms with E-state index in [9.17, 15) is 0 Å². The van der Waals surface area contributed by atoms with Crippen molar-refractivity contribution in [3.05, 3.63) is 39.7 Å². The van der Waals surface area contributed by atoms with Gasteiger partial charge in [-0.05, 0) is 60.4 Å². The van der Waals surface area contributed by atoms with Crippen molar-refractivity contribution in [1.29, 1.82) is 0 Å². The first-order valence-corrected chi connectivity index (χ1v) is 13.6. The summed E-state index contributed by atoms with van der Waals surface area (Å²) in [5, 5.41) is 9.95. The summed E-state index contributed by atoms with van der Waals surface area (Å²) in [5.74, 6) is 0.540. The predicted octanol–water partition coefficient (Wildman–Crippen LogP) is 4.99. The minimum atomic E-state index is -0.504. The zero-order valence-corrected chi connectivity index (χ0v) is 22.6. The summed E-state index contributed by atoms with van der Waals surface area (Å²) in [5.41, 5.74) is 11.1. The van der Waals surface area contributed by atoms with Crippen LogP contribution in [0.3, 0.4) is 0 Å². The van der Waals surface area contributed by atoms with Crippen LogP contribution in [-0.2, 0) is 22.3 Å². The minimum absolute atomic E-state index is 0.0492. The van der Waals surface area contributed by atoms with Gasteiger partial charge in [0.2, 0.25) is 17.2 Å². The average Bonchev–Trinajstić information content (AvgIpc) is 3.40. The Kier molecular flexibility index (Phi) is 6.06. The molecular formula is C25H29ClN8O2S. The molecule has 1 spiro atoms. The number of nitrogens with one attached hydrogen (secondary N) is 1. The normalized spacial score (nSPS) is 18.9. The molecule has 0 atom stereocenters. The second-order valence-electron chi connectivity index (χ2n) is 10.6. The van der Waals surface area contributed by atoms with Crippen LogP contribution < -0.4 is 11.1 Å². The predicted molar refractivity (Wildman–Crippen MR) is 144 cm³/mol. The quantitative estimate of drug-likeness (QED) is 0.345. The number of ether oxygens (including phenoxy) is 2. The van der Waals surface area contributed by atoms with Crippen LogP contribution in [0.15, 0.2) is 17.6 Å². The van der Waals surface area contributed by atoms with Crippen molar-refractivity contribution in [3.63, 3.8) is 0 Å². The molecule has 4 aromatic heterocycles. The lowest BCUT2D eigenvalue weighted by Gasteiger charge is -2.44. The van der Waals surface area contributed by atoms with E-state index in [1.165, 1.54) is 21.6 Å². The Morgan fingerprint density at radius 3 is 2.76 bits per heavy atom. The molecule has 0 unspecified atom stereocenters. The molecule has 1 aliphatic carbocycles. The number of aryl methyl sites for hydroxylation is 3. The third-order valence-corrected chi connectivity index (χ3v) is 8.15. The molecule has 0 amide bonds. The van der Waals surface area contributed by atoms with Crippen molar-refractivity contribution in [2.24, 2.45) is 5.41 Å². The number of halogens is 1. The Morgan fingerprint density at radius 1 is 1.14 bits per heavy atom. The number of nitrogens with two attached hydrogens (primary N) is 1. The van der Waals surface area contributed by atoms with E-state index in [-0.39, 0.29) is 16.6 Å². The lowest BCUT2D eigenvalue weighted by Crippen LogP contribution is -2.48. The highest BCUT2D eigenvalue weighted by Gasteiger charge is 2.40. The van der Waals surface area contributed by atoms with Crippen LogP contribution in [0.1, 0.15) is 49.9 Å². The van der Waals surface area contributed by atoms with Gasteiger partial charge in [-0.2, -0.15) is 14.6 Å². The molecule has 2 aliphatic rings. The van der Waals surface area contributed by atoms with Crippen molar-refractivity contribution in [2.75, 3.05) is 24.3 Å². The number of rotatable bonds is 3. The van der Waals surface area contributed by atoms with Gasteiger partial charge in [0.15, 0.2) is 11.6 Å². The van der Waals surface area contributed by atoms with E-state index in [4.69, 9.17) is 31.8 Å². The van der Waals surface area contributed by atoms with Crippen molar-refractivity contribution >= 4 is 50.7 Å². The molecule has 194 valence electrons. The molecule has 0 aromatic carbocycles. The zero-order chi connectivity index (χ0) is 25.8. The molecule has 3 N–H and O–H groups in total. The van der Waals surface area contributed by atoms with Crippen LogP contribution in [0.2, 0.25) is 5.28 Å². The molecule has 37 heavy (non-hydrogen) atoms. The third kappa shape index (κ3) is 4.76. The van der Waals surface area contributed by atoms with Gasteiger partial charge in [-0.1, -0.05) is 13.8 Å². The Labute approximate surface area is 223 Å². The third-order valence-electron chi connectivity index (χ3n) is 6.89. The summed E-state index contributed by atoms with van der Waals surface area (Å²) < 4.78 is 14.9. The number of pyridine rings is 1. The van der Waals surface area contributed by atoms with Crippen LogP contribution in [0, 0.1) is 12.3 Å². The average molecular weight is 541 g/mol. The largest absolute Gasteiger partial charge is 0.368 e. The first-order valence-electron chi connectivity index (χ1n) is 12.4. The van der Waals surface area contributed by atoms with Gasteiger partial charge in [0.1, 0.15) is 0 Å². The maximum Gasteiger partial charge on any atom is 0.248 e. The van der Waals surface area contributed by atoms with Gasteiger partial charge in [-0.25, -0.2) is 4.98 Å². The summed E-state index contributed by atoms with van der Waals surface area (Å²) in [6.07, 6.45) is 6.16. The smallest absolute Gasteiger partial charge is 0.248 e. The monoisotopic (exact) mass is 540 g/mol. The number of fused-ring (bicyclic) bond motifs is 2. The molecular weight excluding hydrogens is 512 g/mol. The van der Waals surface area contributed by atoms with Gasteiger partial charge in [-0.15, -0.1) is 16.4 Å². The van der Waals surface area contributed by atoms with Gasteiger partial charge in [0, 0.05) is 24.0 Å². The molecule has 6 rings (SSSR count). The van der Waals surface area contributed by atoms with E-state index in [0.717, 1.165) is 59.3 Å². The second kappa shape index (κ2) is 9.16. The van der Waals surface area contributed by atoms with Crippen molar-refractivity contribution < 1.29 is 9.47 Å². The molecule has 0 saturated carbocycles. The fourth-order valence-corrected chi connectivity index (χ4v) is 5.97. The molecule has 4 aromatic rings. The van der Waals surface area contributed by atoms with Crippen LogP contribution in [0.5, 0.6) is 0 Å². The molecule has 12 heteroatoms. The summed E-state index contributed by atoms with van der Waals surface area (Å²) >= 11 is 7.71. The summed E-state index contributed by atoms with van der Waals surface area (Å²) in [6, 6.07) is 2.10. The van der Waals surface area contributed by atoms with E-state index in [0.29, 0.717) is 25.0 Å². The fourth-order valence-electron chi connectivity index (χ4n) is 4.85. The van der Waals surface area contributed by atoms with Gasteiger partial charge < -0.3 is 20.5 Å². The molecule has 0 bridgehead atoms. The fraction of sp³-hybridized carbons (Fsp3) is 0.480. The van der Waals surface area contributed by atoms with E-state index < -0.39 is 5.79 Å². The Balaban J connectivity index is 1.24. The number of hydrogen-bond donors (Lipinski definition) is 2. The Morgan fingerprint density at radius 2 is 1.95 bits per heavy atom. The van der Waals surface area contributed by atoms with E-state index in [1.807, 2.05) is 18.5 Å². The second-order valence-corrected chi connectivity index (χ2v) is 11.8. The molecule has 1 fully saturated rings. The molecule has 1 saturated heterocycles. The first kappa shape index (κ1) is 24.5. The van der Waals surface area contributed by atoms with Crippen molar-refractivity contribution in [2.45, 2.75) is 58.7 Å². The van der Waals surface area contributed by atoms with Gasteiger partial charge in [-0.3, -0.25) is 4.98 Å². The number of nitrogens with zero attached hydrogens (tertiary/aromatic N) is 6. The highest BCUT2D eigenvalue weighted by molar-refractivity contribution is 7.17. The maximum absolute atomic E-state index is 6.28. The maximum atomic E-state index is 6.28. The van der Waals surface area contributed by atoms with Crippen LogP contribution in [0.4, 0.5) is 17.6 Å². The highest BCUT2D eigenvalue weighted by Crippen LogP contribution is 2.38. The Bertz CT molecular complexity index is 1470. The van der Waals surface area contributed by atoms with Crippen LogP contribution in [-0.4, -0.2) is 48.7 Å². The van der Waals surface area contributed by atoms with E-state index in [1.54, 1.807) is 0 Å². The van der Waals surface area contributed by atoms with Gasteiger partial charge in [0.25, 0.3) is 0 Å². The summed E-state index contributed by atoms with van der Waals surface area (Å²) in [4.78, 5) is 17.9. The lowest BCUT2D eigenvalue weighted by atomic mass is 9.89. The minimum Gasteiger partial charge on any atom is -0.368 e. The first-order chi connectivity index (χ1) is 17.7. The van der Waals surface area contributed by atoms with Crippen molar-refractivity contribution in [1.82, 2.24) is 29.7 Å². The number of thiophene rings is 1.